The van der Waals surface area contributed by atoms with Crippen molar-refractivity contribution in [2.75, 3.05) is 18.0 Å². The zero-order chi connectivity index (χ0) is 19.4. The summed E-state index contributed by atoms with van der Waals surface area (Å²) in [6, 6.07) is 6.35. The highest BCUT2D eigenvalue weighted by Gasteiger charge is 2.09. The fourth-order valence-corrected chi connectivity index (χ4v) is 3.62. The standard InChI is InChI=1S/C20H27N6S/c1-6-26(12-11-25-10-9-24(5)14-25)18-7-8-19(15(2)13-18)22-23-20-21-16(3)17(4)27-20/h7-10,13-14H,6,11-12H2,1-5H3/q+1. The van der Waals surface area contributed by atoms with Crippen LogP contribution in [0.1, 0.15) is 23.1 Å². The van der Waals surface area contributed by atoms with Crippen molar-refractivity contribution in [2.45, 2.75) is 34.2 Å². The summed E-state index contributed by atoms with van der Waals surface area (Å²) in [5.74, 6) is 0. The van der Waals surface area contributed by atoms with Gasteiger partial charge in [-0.05, 0) is 51.5 Å². The zero-order valence-electron chi connectivity index (χ0n) is 16.7. The summed E-state index contributed by atoms with van der Waals surface area (Å²) in [6.07, 6.45) is 6.26. The lowest BCUT2D eigenvalue weighted by atomic mass is 10.1. The molecule has 0 saturated carbocycles. The van der Waals surface area contributed by atoms with Gasteiger partial charge in [0.2, 0.25) is 11.5 Å². The number of aryl methyl sites for hydroxylation is 4. The fraction of sp³-hybridized carbons (Fsp3) is 0.400. The average Bonchev–Trinajstić information content (AvgIpc) is 3.20. The SMILES string of the molecule is CCN(CCn1cc[n+](C)c1)c1ccc(N=Nc2nc(C)c(C)s2)c(C)c1. The molecule has 0 aliphatic carbocycles. The molecule has 0 aliphatic heterocycles. The van der Waals surface area contributed by atoms with Crippen molar-refractivity contribution < 1.29 is 4.57 Å². The Morgan fingerprint density at radius 2 is 2.04 bits per heavy atom. The van der Waals surface area contributed by atoms with Gasteiger partial charge in [0.25, 0.3) is 0 Å². The number of imidazole rings is 1. The molecule has 0 saturated heterocycles. The molecule has 3 rings (SSSR count). The van der Waals surface area contributed by atoms with E-state index >= 15 is 0 Å². The third-order valence-electron chi connectivity index (χ3n) is 4.64. The predicted molar refractivity (Wildman–Crippen MR) is 110 cm³/mol. The Hall–Kier alpha value is -2.54. The lowest BCUT2D eigenvalue weighted by molar-refractivity contribution is -0.671. The van der Waals surface area contributed by atoms with E-state index in [1.807, 2.05) is 20.0 Å². The molecule has 0 aliphatic rings. The topological polar surface area (TPSA) is 49.7 Å². The highest BCUT2D eigenvalue weighted by molar-refractivity contribution is 7.15. The van der Waals surface area contributed by atoms with E-state index in [1.165, 1.54) is 10.6 Å². The Morgan fingerprint density at radius 3 is 2.63 bits per heavy atom. The Labute approximate surface area is 164 Å². The van der Waals surface area contributed by atoms with Crippen molar-refractivity contribution in [1.82, 2.24) is 9.55 Å². The maximum absolute atomic E-state index is 4.41. The first-order valence-corrected chi connectivity index (χ1v) is 10.00. The number of hydrogen-bond donors (Lipinski definition) is 0. The smallest absolute Gasteiger partial charge is 0.243 e. The van der Waals surface area contributed by atoms with Crippen molar-refractivity contribution in [3.63, 3.8) is 0 Å². The van der Waals surface area contributed by atoms with Crippen LogP contribution >= 0.6 is 11.3 Å². The third kappa shape index (κ3) is 4.80. The second kappa shape index (κ2) is 8.43. The van der Waals surface area contributed by atoms with E-state index in [9.17, 15) is 0 Å². The van der Waals surface area contributed by atoms with E-state index in [1.54, 1.807) is 11.3 Å². The van der Waals surface area contributed by atoms with Gasteiger partial charge in [0, 0.05) is 17.1 Å². The van der Waals surface area contributed by atoms with Crippen LogP contribution in [0.25, 0.3) is 0 Å². The minimum atomic E-state index is 0.712. The molecule has 27 heavy (non-hydrogen) atoms. The van der Waals surface area contributed by atoms with E-state index in [-0.39, 0.29) is 0 Å². The summed E-state index contributed by atoms with van der Waals surface area (Å²) in [6.45, 7) is 11.2. The van der Waals surface area contributed by atoms with E-state index in [0.717, 1.165) is 36.6 Å². The number of rotatable bonds is 7. The number of benzene rings is 1. The first-order valence-electron chi connectivity index (χ1n) is 9.18. The lowest BCUT2D eigenvalue weighted by Crippen LogP contribution is -2.28. The number of thiazole rings is 1. The normalized spacial score (nSPS) is 11.4. The Bertz CT molecular complexity index is 920. The van der Waals surface area contributed by atoms with E-state index in [2.05, 4.69) is 80.9 Å². The van der Waals surface area contributed by atoms with Gasteiger partial charge in [-0.2, -0.15) is 0 Å². The molecular formula is C20H27N6S+. The van der Waals surface area contributed by atoms with Crippen LogP contribution in [0.2, 0.25) is 0 Å². The van der Waals surface area contributed by atoms with Crippen molar-refractivity contribution in [1.29, 1.82) is 0 Å². The molecular weight excluding hydrogens is 356 g/mol. The van der Waals surface area contributed by atoms with Crippen LogP contribution in [0, 0.1) is 20.8 Å². The average molecular weight is 384 g/mol. The fourth-order valence-electron chi connectivity index (χ4n) is 2.88. The van der Waals surface area contributed by atoms with Gasteiger partial charge in [0.05, 0.1) is 25.0 Å². The predicted octanol–water partition coefficient (Wildman–Crippen LogP) is 4.64. The molecule has 7 heteroatoms. The van der Waals surface area contributed by atoms with Crippen LogP contribution in [-0.4, -0.2) is 22.6 Å². The number of nitrogens with zero attached hydrogens (tertiary/aromatic N) is 6. The Balaban J connectivity index is 1.70. The van der Waals surface area contributed by atoms with Gasteiger partial charge < -0.3 is 4.90 Å². The van der Waals surface area contributed by atoms with Gasteiger partial charge in [-0.3, -0.25) is 0 Å². The van der Waals surface area contributed by atoms with Crippen LogP contribution in [0.5, 0.6) is 0 Å². The van der Waals surface area contributed by atoms with Crippen LogP contribution in [0.3, 0.4) is 0 Å². The highest BCUT2D eigenvalue weighted by Crippen LogP contribution is 2.29. The van der Waals surface area contributed by atoms with Gasteiger partial charge in [0.1, 0.15) is 18.9 Å². The quantitative estimate of drug-likeness (QED) is 0.441. The van der Waals surface area contributed by atoms with Gasteiger partial charge in [0.15, 0.2) is 0 Å². The molecule has 0 N–H and O–H groups in total. The first-order chi connectivity index (χ1) is 13.0. The maximum atomic E-state index is 4.41. The molecule has 0 radical (unpaired) electrons. The number of hydrogen-bond acceptors (Lipinski definition) is 5. The van der Waals surface area contributed by atoms with Gasteiger partial charge >= 0.3 is 0 Å². The van der Waals surface area contributed by atoms with Gasteiger partial charge in [-0.25, -0.2) is 14.1 Å². The highest BCUT2D eigenvalue weighted by atomic mass is 32.1. The van der Waals surface area contributed by atoms with Crippen LogP contribution in [-0.2, 0) is 13.6 Å². The molecule has 0 fully saturated rings. The molecule has 0 bridgehead atoms. The molecule has 0 unspecified atom stereocenters. The van der Waals surface area contributed by atoms with Gasteiger partial charge in [-0.15, -0.1) is 10.2 Å². The van der Waals surface area contributed by atoms with Crippen molar-refractivity contribution >= 4 is 27.8 Å². The number of azo groups is 1. The van der Waals surface area contributed by atoms with E-state index < -0.39 is 0 Å². The molecule has 6 nitrogen and oxygen atoms in total. The second-order valence-electron chi connectivity index (χ2n) is 6.71. The number of likely N-dealkylation sites (N-methyl/N-ethyl adjacent to an activating group) is 1. The summed E-state index contributed by atoms with van der Waals surface area (Å²) >= 11 is 1.57. The third-order valence-corrected chi connectivity index (χ3v) is 5.60. The Kier molecular flexibility index (Phi) is 6.01. The molecule has 0 atom stereocenters. The molecule has 0 spiro atoms. The summed E-state index contributed by atoms with van der Waals surface area (Å²) < 4.78 is 4.27. The lowest BCUT2D eigenvalue weighted by Gasteiger charge is -2.22. The molecule has 3 aromatic rings. The molecule has 2 aromatic heterocycles. The van der Waals surface area contributed by atoms with Crippen molar-refractivity contribution in [2.24, 2.45) is 17.3 Å². The summed E-state index contributed by atoms with van der Waals surface area (Å²) in [5, 5.41) is 9.42. The first kappa shape index (κ1) is 19.2. The molecule has 1 aromatic carbocycles. The minimum absolute atomic E-state index is 0.712. The monoisotopic (exact) mass is 383 g/mol. The summed E-state index contributed by atoms with van der Waals surface area (Å²) in [7, 11) is 2.04. The number of anilines is 1. The molecule has 142 valence electrons. The second-order valence-corrected chi connectivity index (χ2v) is 7.89. The maximum Gasteiger partial charge on any atom is 0.243 e. The van der Waals surface area contributed by atoms with Gasteiger partial charge in [-0.1, -0.05) is 11.3 Å². The van der Waals surface area contributed by atoms with Crippen LogP contribution in [0.4, 0.5) is 16.5 Å². The van der Waals surface area contributed by atoms with E-state index in [0.29, 0.717) is 5.13 Å². The number of aromatic nitrogens is 3. The zero-order valence-corrected chi connectivity index (χ0v) is 17.5. The van der Waals surface area contributed by atoms with E-state index in [4.69, 9.17) is 0 Å². The van der Waals surface area contributed by atoms with Crippen molar-refractivity contribution in [3.05, 3.63) is 53.1 Å². The summed E-state index contributed by atoms with van der Waals surface area (Å²) in [5.41, 5.74) is 4.24. The molecule has 0 amide bonds. The Morgan fingerprint density at radius 1 is 1.22 bits per heavy atom. The van der Waals surface area contributed by atoms with Crippen molar-refractivity contribution in [3.8, 4) is 0 Å². The minimum Gasteiger partial charge on any atom is -0.368 e. The van der Waals surface area contributed by atoms with Crippen LogP contribution < -0.4 is 9.47 Å². The van der Waals surface area contributed by atoms with Crippen LogP contribution in [0.15, 0.2) is 47.1 Å². The summed E-state index contributed by atoms with van der Waals surface area (Å²) in [4.78, 5) is 7.98. The molecule has 2 heterocycles. The largest absolute Gasteiger partial charge is 0.368 e.